The van der Waals surface area contributed by atoms with E-state index in [4.69, 9.17) is 14.2 Å². The highest BCUT2D eigenvalue weighted by Gasteiger charge is 2.37. The van der Waals surface area contributed by atoms with Crippen molar-refractivity contribution < 1.29 is 23.8 Å². The van der Waals surface area contributed by atoms with Crippen LogP contribution in [0.5, 0.6) is 23.0 Å². The van der Waals surface area contributed by atoms with Gasteiger partial charge >= 0.3 is 0 Å². The molecule has 0 saturated carbocycles. The number of hydrogen-bond acceptors (Lipinski definition) is 5. The van der Waals surface area contributed by atoms with Crippen molar-refractivity contribution in [2.75, 3.05) is 19.5 Å². The first-order chi connectivity index (χ1) is 17.1. The molecule has 35 heavy (non-hydrogen) atoms. The summed E-state index contributed by atoms with van der Waals surface area (Å²) in [6, 6.07) is 27.5. The van der Waals surface area contributed by atoms with E-state index in [9.17, 15) is 9.59 Å². The number of ether oxygens (including phenoxy) is 3. The van der Waals surface area contributed by atoms with Crippen LogP contribution in [0.3, 0.4) is 0 Å². The standard InChI is InChI=1S/C29H23NO5/c1-33-20-13-14-24(22(15-20)18-9-5-3-6-10-18)35-25-17-21(34-2)16-23-27(25)30-29(32)26(28(23)31)19-11-7-4-8-12-19/h3-17,26H,1-2H3,(H,30,32). The lowest BCUT2D eigenvalue weighted by molar-refractivity contribution is -0.116. The maximum Gasteiger partial charge on any atom is 0.239 e. The van der Waals surface area contributed by atoms with Crippen LogP contribution < -0.4 is 19.5 Å². The average molecular weight is 466 g/mol. The molecule has 0 bridgehead atoms. The zero-order chi connectivity index (χ0) is 24.4. The molecule has 0 radical (unpaired) electrons. The van der Waals surface area contributed by atoms with Gasteiger partial charge in [0.25, 0.3) is 0 Å². The number of rotatable bonds is 6. The van der Waals surface area contributed by atoms with E-state index in [-0.39, 0.29) is 5.78 Å². The zero-order valence-electron chi connectivity index (χ0n) is 19.3. The van der Waals surface area contributed by atoms with E-state index in [1.807, 2.05) is 42.5 Å². The van der Waals surface area contributed by atoms with Gasteiger partial charge in [-0.3, -0.25) is 9.59 Å². The molecule has 1 unspecified atom stereocenters. The Morgan fingerprint density at radius 1 is 0.686 bits per heavy atom. The van der Waals surface area contributed by atoms with Crippen molar-refractivity contribution in [3.63, 3.8) is 0 Å². The molecule has 0 fully saturated rings. The molecule has 4 aromatic carbocycles. The molecule has 0 spiro atoms. The Hall–Kier alpha value is -4.58. The summed E-state index contributed by atoms with van der Waals surface area (Å²) in [5, 5.41) is 2.90. The smallest absolute Gasteiger partial charge is 0.239 e. The van der Waals surface area contributed by atoms with Gasteiger partial charge in [0.2, 0.25) is 5.91 Å². The molecule has 6 heteroatoms. The van der Waals surface area contributed by atoms with E-state index in [0.29, 0.717) is 39.8 Å². The molecule has 1 N–H and O–H groups in total. The molecule has 0 aliphatic carbocycles. The summed E-state index contributed by atoms with van der Waals surface area (Å²) in [6.45, 7) is 0. The van der Waals surface area contributed by atoms with Crippen LogP contribution in [0.25, 0.3) is 11.1 Å². The Morgan fingerprint density at radius 3 is 2.03 bits per heavy atom. The second-order valence-electron chi connectivity index (χ2n) is 8.08. The topological polar surface area (TPSA) is 73.9 Å². The number of benzene rings is 4. The fourth-order valence-electron chi connectivity index (χ4n) is 4.22. The predicted octanol–water partition coefficient (Wildman–Crippen LogP) is 6.08. The molecule has 4 aromatic rings. The van der Waals surface area contributed by atoms with Crippen molar-refractivity contribution in [1.29, 1.82) is 0 Å². The Morgan fingerprint density at radius 2 is 1.34 bits per heavy atom. The van der Waals surface area contributed by atoms with Crippen molar-refractivity contribution in [3.8, 4) is 34.1 Å². The van der Waals surface area contributed by atoms with Crippen molar-refractivity contribution >= 4 is 17.4 Å². The van der Waals surface area contributed by atoms with Crippen molar-refractivity contribution in [3.05, 3.63) is 102 Å². The fraction of sp³-hybridized carbons (Fsp3) is 0.103. The highest BCUT2D eigenvalue weighted by molar-refractivity contribution is 6.25. The summed E-state index contributed by atoms with van der Waals surface area (Å²) in [4.78, 5) is 26.5. The molecule has 1 aliphatic rings. The number of amides is 1. The third kappa shape index (κ3) is 4.22. The minimum atomic E-state index is -0.940. The summed E-state index contributed by atoms with van der Waals surface area (Å²) in [5.74, 6) is 0.333. The van der Waals surface area contributed by atoms with Crippen LogP contribution in [0.15, 0.2) is 91.0 Å². The monoisotopic (exact) mass is 465 g/mol. The molecule has 1 aliphatic heterocycles. The number of hydrogen-bond donors (Lipinski definition) is 1. The van der Waals surface area contributed by atoms with E-state index in [2.05, 4.69) is 5.32 Å². The van der Waals surface area contributed by atoms with Crippen LogP contribution in [-0.4, -0.2) is 25.9 Å². The highest BCUT2D eigenvalue weighted by atomic mass is 16.5. The van der Waals surface area contributed by atoms with Crippen LogP contribution in [0, 0.1) is 0 Å². The van der Waals surface area contributed by atoms with Gasteiger partial charge in [-0.05, 0) is 35.4 Å². The number of methoxy groups -OCH3 is 2. The lowest BCUT2D eigenvalue weighted by Gasteiger charge is -2.26. The van der Waals surface area contributed by atoms with Gasteiger partial charge in [-0.1, -0.05) is 60.7 Å². The molecular formula is C29H23NO5. The minimum absolute atomic E-state index is 0.309. The van der Waals surface area contributed by atoms with Crippen molar-refractivity contribution in [1.82, 2.24) is 0 Å². The number of ketones is 1. The summed E-state index contributed by atoms with van der Waals surface area (Å²) < 4.78 is 17.2. The summed E-state index contributed by atoms with van der Waals surface area (Å²) in [6.07, 6.45) is 0. The first-order valence-electron chi connectivity index (χ1n) is 11.1. The number of Topliss-reactive ketones (excluding diaryl/α,β-unsaturated/α-hetero) is 1. The largest absolute Gasteiger partial charge is 0.497 e. The second-order valence-corrected chi connectivity index (χ2v) is 8.08. The Balaban J connectivity index is 1.60. The molecule has 0 aromatic heterocycles. The van der Waals surface area contributed by atoms with E-state index in [1.165, 1.54) is 7.11 Å². The second kappa shape index (κ2) is 9.35. The van der Waals surface area contributed by atoms with Gasteiger partial charge in [-0.2, -0.15) is 0 Å². The first kappa shape index (κ1) is 22.2. The van der Waals surface area contributed by atoms with Crippen LogP contribution in [0.4, 0.5) is 5.69 Å². The fourth-order valence-corrected chi connectivity index (χ4v) is 4.22. The number of carbonyl (C=O) groups is 2. The molecule has 5 rings (SSSR count). The summed E-state index contributed by atoms with van der Waals surface area (Å²) in [7, 11) is 3.13. The lowest BCUT2D eigenvalue weighted by atomic mass is 9.86. The maximum absolute atomic E-state index is 13.5. The van der Waals surface area contributed by atoms with Gasteiger partial charge in [0.1, 0.15) is 23.2 Å². The molecular weight excluding hydrogens is 442 g/mol. The third-order valence-corrected chi connectivity index (χ3v) is 5.97. The average Bonchev–Trinajstić information content (AvgIpc) is 2.90. The lowest BCUT2D eigenvalue weighted by Crippen LogP contribution is -2.33. The van der Waals surface area contributed by atoms with E-state index in [0.717, 1.165) is 11.1 Å². The number of nitrogens with one attached hydrogen (secondary N) is 1. The Bertz CT molecular complexity index is 1400. The van der Waals surface area contributed by atoms with Crippen molar-refractivity contribution in [2.24, 2.45) is 0 Å². The summed E-state index contributed by atoms with van der Waals surface area (Å²) in [5.41, 5.74) is 3.03. The van der Waals surface area contributed by atoms with Crippen molar-refractivity contribution in [2.45, 2.75) is 5.92 Å². The van der Waals surface area contributed by atoms with Crippen LogP contribution in [0.2, 0.25) is 0 Å². The van der Waals surface area contributed by atoms with Gasteiger partial charge in [0, 0.05) is 17.2 Å². The minimum Gasteiger partial charge on any atom is -0.497 e. The van der Waals surface area contributed by atoms with E-state index in [1.54, 1.807) is 55.6 Å². The van der Waals surface area contributed by atoms with Crippen LogP contribution in [-0.2, 0) is 4.79 Å². The van der Waals surface area contributed by atoms with Gasteiger partial charge in [-0.15, -0.1) is 0 Å². The third-order valence-electron chi connectivity index (χ3n) is 5.97. The highest BCUT2D eigenvalue weighted by Crippen LogP contribution is 2.44. The zero-order valence-corrected chi connectivity index (χ0v) is 19.3. The van der Waals surface area contributed by atoms with E-state index >= 15 is 0 Å². The van der Waals surface area contributed by atoms with Crippen LogP contribution >= 0.6 is 0 Å². The molecule has 1 heterocycles. The molecule has 174 valence electrons. The normalized spacial score (nSPS) is 14.6. The number of carbonyl (C=O) groups excluding carboxylic acids is 2. The summed E-state index contributed by atoms with van der Waals surface area (Å²) >= 11 is 0. The van der Waals surface area contributed by atoms with Gasteiger partial charge in [0.05, 0.1) is 19.9 Å². The molecule has 1 atom stereocenters. The predicted molar refractivity (Wildman–Crippen MR) is 134 cm³/mol. The molecule has 0 saturated heterocycles. The Labute approximate surface area is 203 Å². The Kier molecular flexibility index (Phi) is 5.94. The quantitative estimate of drug-likeness (QED) is 0.349. The first-order valence-corrected chi connectivity index (χ1v) is 11.1. The van der Waals surface area contributed by atoms with Gasteiger partial charge in [0.15, 0.2) is 11.5 Å². The molecule has 6 nitrogen and oxygen atoms in total. The SMILES string of the molecule is COc1cc(Oc2ccc(OC)cc2-c2ccccc2)c2c(c1)C(=O)C(c1ccccc1)C(=O)N2. The number of fused-ring (bicyclic) bond motifs is 1. The van der Waals surface area contributed by atoms with E-state index < -0.39 is 11.8 Å². The van der Waals surface area contributed by atoms with Gasteiger partial charge < -0.3 is 19.5 Å². The van der Waals surface area contributed by atoms with Crippen LogP contribution in [0.1, 0.15) is 21.8 Å². The molecule has 1 amide bonds. The number of anilines is 1. The van der Waals surface area contributed by atoms with Gasteiger partial charge in [-0.25, -0.2) is 0 Å². The maximum atomic E-state index is 13.5.